The first-order valence-corrected chi connectivity index (χ1v) is 23.0. The molecule has 3 amide bonds. The van der Waals surface area contributed by atoms with Crippen LogP contribution in [0.1, 0.15) is 83.9 Å². The number of aliphatic hydroxyl groups excluding tert-OH is 1. The predicted octanol–water partition coefficient (Wildman–Crippen LogP) is 2.26. The second-order valence-corrected chi connectivity index (χ2v) is 17.6. The second-order valence-electron chi connectivity index (χ2n) is 16.4. The third kappa shape index (κ3) is 19.2. The van der Waals surface area contributed by atoms with E-state index in [0.717, 1.165) is 26.2 Å². The monoisotopic (exact) mass is 907 g/mol. The number of nitrogens with zero attached hydrogens (tertiary/aromatic N) is 2. The topological polar surface area (TPSA) is 273 Å². The highest BCUT2D eigenvalue weighted by Gasteiger charge is 2.42. The van der Waals surface area contributed by atoms with Crippen molar-refractivity contribution in [2.24, 2.45) is 17.8 Å². The Morgan fingerprint density at radius 3 is 2.29 bits per heavy atom. The molecular formula is C43H66N5O14P. The Morgan fingerprint density at radius 1 is 0.952 bits per heavy atom. The number of H-pyrrole nitrogens is 1. The number of Topliss-reactive ketones (excluding diaryl/α,β-unsaturated/α-hetero) is 3. The second kappa shape index (κ2) is 27.2. The van der Waals surface area contributed by atoms with E-state index >= 15 is 0 Å². The quantitative estimate of drug-likeness (QED) is 0.0468. The number of aromatic amines is 1. The Bertz CT molecular complexity index is 1790. The molecular weight excluding hydrogens is 841 g/mol. The van der Waals surface area contributed by atoms with Crippen LogP contribution < -0.4 is 10.6 Å². The van der Waals surface area contributed by atoms with Gasteiger partial charge in [0, 0.05) is 57.8 Å². The Labute approximate surface area is 369 Å². The first-order valence-electron chi connectivity index (χ1n) is 21.4. The third-order valence-electron chi connectivity index (χ3n) is 10.8. The van der Waals surface area contributed by atoms with Gasteiger partial charge in [0.25, 0.3) is 0 Å². The molecule has 0 radical (unpaired) electrons. The zero-order valence-electron chi connectivity index (χ0n) is 36.9. The van der Waals surface area contributed by atoms with E-state index in [4.69, 9.17) is 14.2 Å². The first-order chi connectivity index (χ1) is 29.9. The lowest BCUT2D eigenvalue weighted by molar-refractivity contribution is -0.140. The van der Waals surface area contributed by atoms with Gasteiger partial charge in [0.2, 0.25) is 17.7 Å². The number of imidazole rings is 1. The number of hydrogen-bond donors (Lipinski definition) is 6. The molecule has 1 aliphatic rings. The van der Waals surface area contributed by atoms with Crippen LogP contribution in [0.25, 0.3) is 0 Å². The number of aromatic nitrogens is 2. The van der Waals surface area contributed by atoms with E-state index < -0.39 is 98.6 Å². The van der Waals surface area contributed by atoms with Gasteiger partial charge in [-0.05, 0) is 51.0 Å². The molecule has 7 atom stereocenters. The molecule has 1 fully saturated rings. The zero-order valence-corrected chi connectivity index (χ0v) is 37.8. The number of amides is 3. The maximum absolute atomic E-state index is 14.2. The zero-order chi connectivity index (χ0) is 46.5. The Kier molecular flexibility index (Phi) is 22.9. The van der Waals surface area contributed by atoms with Crippen molar-refractivity contribution in [3.05, 3.63) is 54.1 Å². The highest BCUT2D eigenvalue weighted by Crippen LogP contribution is 2.39. The number of ketones is 3. The summed E-state index contributed by atoms with van der Waals surface area (Å²) < 4.78 is 32.8. The minimum Gasteiger partial charge on any atom is -0.394 e. The molecule has 19 nitrogen and oxygen atoms in total. The maximum atomic E-state index is 14.2. The summed E-state index contributed by atoms with van der Waals surface area (Å²) in [5.41, 5.74) is 1.71. The molecule has 1 saturated heterocycles. The van der Waals surface area contributed by atoms with E-state index in [-0.39, 0.29) is 50.7 Å². The van der Waals surface area contributed by atoms with Crippen LogP contribution >= 0.6 is 7.82 Å². The van der Waals surface area contributed by atoms with Gasteiger partial charge in [-0.25, -0.2) is 9.55 Å². The fraction of sp³-hybridized carbons (Fsp3) is 0.651. The molecule has 352 valence electrons. The number of phosphoric acid groups is 1. The number of carbonyl (C=O) groups excluding carboxylic acids is 6. The summed E-state index contributed by atoms with van der Waals surface area (Å²) in [6, 6.07) is 6.55. The number of nitrogens with one attached hydrogen (secondary N) is 3. The number of aliphatic hydroxyl groups is 1. The first kappa shape index (κ1) is 53.1. The van der Waals surface area contributed by atoms with E-state index in [9.17, 15) is 48.2 Å². The number of carbonyl (C=O) groups is 6. The van der Waals surface area contributed by atoms with Crippen molar-refractivity contribution in [3.8, 4) is 0 Å². The van der Waals surface area contributed by atoms with E-state index in [1.54, 1.807) is 7.11 Å². The SMILES string of the molecule is COCCOCCC(=O)N1C[C@@H](OCCCCc2ccccc2)C[C@H]1C(=O)N[C@@H](CC(C)C)C(=O)C[C@@H](Cc1cnc[nH]1)C(=O)N[C@@H](CO)C(=O)C[C@H](C(C)=O)C(C)OP(=O)(O)O. The molecule has 1 unspecified atom stereocenters. The number of hydrogen-bond acceptors (Lipinski definition) is 13. The van der Waals surface area contributed by atoms with Crippen molar-refractivity contribution in [1.82, 2.24) is 25.5 Å². The van der Waals surface area contributed by atoms with Gasteiger partial charge >= 0.3 is 7.82 Å². The standard InChI is InChI=1S/C43H66N5O14P/c1-28(2)19-36(46-43(55)38-22-34(25-48(38)41(53)14-16-60-18-17-59-5)61-15-10-9-13-31-11-7-6-8-12-31)39(51)21-32(20-33-24-44-27-45-33)42(54)47-37(26-49)40(52)23-35(29(3)50)30(4)62-63(56,57)58/h6-8,11-12,24,27-28,30,32,34-38,49H,9-10,13-23,25-26H2,1-5H3,(H,44,45)(H,46,55)(H,47,54)(H2,56,57,58)/t30?,32-,34+,35-,36+,37+,38+/m1/s1. The number of methoxy groups -OCH3 is 1. The highest BCUT2D eigenvalue weighted by molar-refractivity contribution is 7.46. The van der Waals surface area contributed by atoms with Crippen molar-refractivity contribution in [3.63, 3.8) is 0 Å². The summed E-state index contributed by atoms with van der Waals surface area (Å²) in [5, 5.41) is 15.5. The Morgan fingerprint density at radius 2 is 1.67 bits per heavy atom. The minimum absolute atomic E-state index is 0.0168. The number of ether oxygens (including phenoxy) is 3. The summed E-state index contributed by atoms with van der Waals surface area (Å²) >= 11 is 0. The lowest BCUT2D eigenvalue weighted by Gasteiger charge is -2.28. The summed E-state index contributed by atoms with van der Waals surface area (Å²) in [5.74, 6) is -6.06. The number of rotatable bonds is 31. The van der Waals surface area contributed by atoms with Gasteiger partial charge in [-0.2, -0.15) is 0 Å². The van der Waals surface area contributed by atoms with Crippen molar-refractivity contribution < 1.29 is 67.0 Å². The van der Waals surface area contributed by atoms with Crippen LogP contribution in [-0.4, -0.2) is 142 Å². The van der Waals surface area contributed by atoms with Crippen LogP contribution in [0.3, 0.4) is 0 Å². The van der Waals surface area contributed by atoms with E-state index in [0.29, 0.717) is 25.5 Å². The van der Waals surface area contributed by atoms with Crippen molar-refractivity contribution in [2.75, 3.05) is 46.7 Å². The minimum atomic E-state index is -5.01. The van der Waals surface area contributed by atoms with Crippen LogP contribution in [0.4, 0.5) is 0 Å². The molecule has 1 aliphatic heterocycles. The smallest absolute Gasteiger partial charge is 0.394 e. The average molecular weight is 908 g/mol. The number of phosphoric ester groups is 1. The normalized spacial score (nSPS) is 17.8. The molecule has 0 aliphatic carbocycles. The van der Waals surface area contributed by atoms with E-state index in [1.165, 1.54) is 29.9 Å². The van der Waals surface area contributed by atoms with E-state index in [1.807, 2.05) is 32.0 Å². The van der Waals surface area contributed by atoms with Crippen molar-refractivity contribution in [1.29, 1.82) is 0 Å². The van der Waals surface area contributed by atoms with Gasteiger partial charge in [-0.15, -0.1) is 0 Å². The number of benzene rings is 1. The molecule has 20 heteroatoms. The van der Waals surface area contributed by atoms with Crippen LogP contribution in [0, 0.1) is 17.8 Å². The third-order valence-corrected chi connectivity index (χ3v) is 11.4. The fourth-order valence-electron chi connectivity index (χ4n) is 7.44. The molecule has 0 bridgehead atoms. The average Bonchev–Trinajstić information content (AvgIpc) is 3.91. The molecule has 0 saturated carbocycles. The molecule has 63 heavy (non-hydrogen) atoms. The summed E-state index contributed by atoms with van der Waals surface area (Å²) in [7, 11) is -3.47. The Balaban J connectivity index is 1.76. The molecule has 0 spiro atoms. The molecule has 2 aromatic rings. The maximum Gasteiger partial charge on any atom is 0.469 e. The highest BCUT2D eigenvalue weighted by atomic mass is 31.2. The predicted molar refractivity (Wildman–Crippen MR) is 229 cm³/mol. The number of unbranched alkanes of at least 4 members (excludes halogenated alkanes) is 1. The summed E-state index contributed by atoms with van der Waals surface area (Å²) in [4.78, 5) is 108. The summed E-state index contributed by atoms with van der Waals surface area (Å²) in [6.45, 7) is 6.59. The van der Waals surface area contributed by atoms with Crippen LogP contribution in [0.15, 0.2) is 42.9 Å². The largest absolute Gasteiger partial charge is 0.469 e. The molecule has 2 heterocycles. The van der Waals surface area contributed by atoms with Gasteiger partial charge in [0.05, 0.1) is 69.3 Å². The molecule has 1 aromatic carbocycles. The lowest BCUT2D eigenvalue weighted by Crippen LogP contribution is -2.52. The Hall–Kier alpha value is -4.20. The number of likely N-dealkylation sites (tertiary alicyclic amines) is 1. The number of aryl methyl sites for hydroxylation is 1. The van der Waals surface area contributed by atoms with Crippen LogP contribution in [0.5, 0.6) is 0 Å². The van der Waals surface area contributed by atoms with E-state index in [2.05, 4.69) is 37.3 Å². The van der Waals surface area contributed by atoms with Crippen molar-refractivity contribution in [2.45, 2.75) is 116 Å². The molecule has 1 aromatic heterocycles. The summed E-state index contributed by atoms with van der Waals surface area (Å²) in [6.07, 6.45) is 2.99. The van der Waals surface area contributed by atoms with Crippen molar-refractivity contribution >= 4 is 42.9 Å². The lowest BCUT2D eigenvalue weighted by atomic mass is 9.89. The van der Waals surface area contributed by atoms with Gasteiger partial charge in [-0.3, -0.25) is 33.3 Å². The molecule has 3 rings (SSSR count). The van der Waals surface area contributed by atoms with Gasteiger partial charge in [0.1, 0.15) is 17.9 Å². The van der Waals surface area contributed by atoms with Gasteiger partial charge in [-0.1, -0.05) is 44.2 Å². The van der Waals surface area contributed by atoms with Crippen LogP contribution in [0.2, 0.25) is 0 Å². The van der Waals surface area contributed by atoms with Gasteiger partial charge in [0.15, 0.2) is 11.6 Å². The van der Waals surface area contributed by atoms with Crippen LogP contribution in [-0.2, 0) is 64.9 Å². The fourth-order valence-corrected chi connectivity index (χ4v) is 8.02. The molecule has 6 N–H and O–H groups in total. The van der Waals surface area contributed by atoms with Gasteiger partial charge < -0.3 is 49.6 Å².